The fourth-order valence-corrected chi connectivity index (χ4v) is 2.86. The van der Waals surface area contributed by atoms with Gasteiger partial charge in [-0.05, 0) is 44.5 Å². The number of urea groups is 1. The minimum atomic E-state index is -0.397. The predicted molar refractivity (Wildman–Crippen MR) is 112 cm³/mol. The first-order valence-corrected chi connectivity index (χ1v) is 9.31. The van der Waals surface area contributed by atoms with Crippen molar-refractivity contribution in [3.63, 3.8) is 0 Å². The van der Waals surface area contributed by atoms with Crippen molar-refractivity contribution in [2.75, 3.05) is 17.2 Å². The lowest BCUT2D eigenvalue weighted by molar-refractivity contribution is -0.116. The van der Waals surface area contributed by atoms with E-state index in [0.717, 1.165) is 16.9 Å². The molecule has 3 N–H and O–H groups in total. The number of aromatic nitrogens is 3. The lowest BCUT2D eigenvalue weighted by Crippen LogP contribution is -2.31. The number of rotatable bonds is 6. The van der Waals surface area contributed by atoms with Crippen LogP contribution in [-0.4, -0.2) is 33.2 Å². The van der Waals surface area contributed by atoms with E-state index < -0.39 is 6.03 Å². The fraction of sp³-hybridized carbons (Fsp3) is 0.238. The smallest absolute Gasteiger partial charge is 0.319 e. The Morgan fingerprint density at radius 2 is 1.90 bits per heavy atom. The van der Waals surface area contributed by atoms with Crippen molar-refractivity contribution in [1.82, 2.24) is 20.1 Å². The van der Waals surface area contributed by atoms with E-state index in [1.165, 1.54) is 5.56 Å². The van der Waals surface area contributed by atoms with Gasteiger partial charge in [-0.2, -0.15) is 5.10 Å². The van der Waals surface area contributed by atoms with E-state index in [-0.39, 0.29) is 18.9 Å². The van der Waals surface area contributed by atoms with Gasteiger partial charge in [0.05, 0.1) is 23.8 Å². The second kappa shape index (κ2) is 9.01. The summed E-state index contributed by atoms with van der Waals surface area (Å²) in [7, 11) is 0. The third-order valence-electron chi connectivity index (χ3n) is 4.23. The van der Waals surface area contributed by atoms with Gasteiger partial charge in [-0.1, -0.05) is 23.8 Å². The average Bonchev–Trinajstić information content (AvgIpc) is 3.09. The number of hydrogen-bond donors (Lipinski definition) is 3. The Labute approximate surface area is 169 Å². The second-order valence-electron chi connectivity index (χ2n) is 6.81. The molecule has 2 aromatic heterocycles. The van der Waals surface area contributed by atoms with E-state index in [2.05, 4.69) is 32.1 Å². The zero-order valence-electron chi connectivity index (χ0n) is 16.7. The summed E-state index contributed by atoms with van der Waals surface area (Å²) in [4.78, 5) is 28.2. The zero-order chi connectivity index (χ0) is 20.8. The number of amides is 3. The first kappa shape index (κ1) is 20.1. The van der Waals surface area contributed by atoms with Crippen molar-refractivity contribution in [3.8, 4) is 5.69 Å². The Balaban J connectivity index is 1.46. The van der Waals surface area contributed by atoms with Crippen LogP contribution < -0.4 is 16.0 Å². The van der Waals surface area contributed by atoms with Crippen LogP contribution in [0.1, 0.15) is 23.2 Å². The largest absolute Gasteiger partial charge is 0.337 e. The molecule has 0 aliphatic rings. The van der Waals surface area contributed by atoms with Gasteiger partial charge in [0.15, 0.2) is 0 Å². The fourth-order valence-electron chi connectivity index (χ4n) is 2.86. The molecule has 8 heteroatoms. The maximum Gasteiger partial charge on any atom is 0.319 e. The van der Waals surface area contributed by atoms with Crippen LogP contribution in [0.4, 0.5) is 16.3 Å². The van der Waals surface area contributed by atoms with Gasteiger partial charge in [-0.3, -0.25) is 4.79 Å². The van der Waals surface area contributed by atoms with E-state index in [0.29, 0.717) is 11.5 Å². The quantitative estimate of drug-likeness (QED) is 0.599. The van der Waals surface area contributed by atoms with E-state index in [1.54, 1.807) is 23.1 Å². The monoisotopic (exact) mass is 392 g/mol. The molecule has 1 aromatic carbocycles. The maximum absolute atomic E-state index is 12.1. The van der Waals surface area contributed by atoms with Gasteiger partial charge in [0, 0.05) is 18.7 Å². The Morgan fingerprint density at radius 1 is 1.07 bits per heavy atom. The number of nitrogens with one attached hydrogen (secondary N) is 3. The molecule has 8 nitrogen and oxygen atoms in total. The molecule has 0 saturated carbocycles. The van der Waals surface area contributed by atoms with Crippen LogP contribution in [0.2, 0.25) is 0 Å². The van der Waals surface area contributed by atoms with Gasteiger partial charge >= 0.3 is 6.03 Å². The van der Waals surface area contributed by atoms with Crippen molar-refractivity contribution < 1.29 is 9.59 Å². The molecular weight excluding hydrogens is 368 g/mol. The number of carbonyl (C=O) groups is 2. The van der Waals surface area contributed by atoms with E-state index in [1.807, 2.05) is 45.0 Å². The summed E-state index contributed by atoms with van der Waals surface area (Å²) in [5, 5.41) is 12.4. The summed E-state index contributed by atoms with van der Waals surface area (Å²) in [6, 6.07) is 11.1. The molecule has 0 bridgehead atoms. The van der Waals surface area contributed by atoms with Crippen LogP contribution in [0.5, 0.6) is 0 Å². The summed E-state index contributed by atoms with van der Waals surface area (Å²) < 4.78 is 1.71. The number of anilines is 2. The normalized spacial score (nSPS) is 10.4. The number of pyridine rings is 1. The number of aryl methyl sites for hydroxylation is 3. The molecule has 0 saturated heterocycles. The number of hydrogen-bond acceptors (Lipinski definition) is 4. The second-order valence-corrected chi connectivity index (χ2v) is 6.81. The van der Waals surface area contributed by atoms with Crippen LogP contribution in [0.15, 0.2) is 48.8 Å². The number of nitrogens with zero attached hydrogens (tertiary/aromatic N) is 3. The van der Waals surface area contributed by atoms with E-state index in [9.17, 15) is 9.59 Å². The van der Waals surface area contributed by atoms with Gasteiger partial charge in [-0.15, -0.1) is 0 Å². The van der Waals surface area contributed by atoms with Crippen LogP contribution in [-0.2, 0) is 4.79 Å². The molecule has 29 heavy (non-hydrogen) atoms. The summed E-state index contributed by atoms with van der Waals surface area (Å²) in [6.07, 6.45) is 3.47. The van der Waals surface area contributed by atoms with Crippen LogP contribution in [0.3, 0.4) is 0 Å². The molecule has 0 spiro atoms. The third kappa shape index (κ3) is 5.65. The summed E-state index contributed by atoms with van der Waals surface area (Å²) in [5.74, 6) is 0.282. The first-order valence-electron chi connectivity index (χ1n) is 9.31. The Hall–Kier alpha value is -3.68. The molecule has 3 rings (SSSR count). The SMILES string of the molecule is Cc1ccc(-n2cc(NC(=O)NCCC(=O)Nc3cccc(C)n3)cn2)c(C)c1. The molecule has 0 unspecified atom stereocenters. The van der Waals surface area contributed by atoms with Crippen molar-refractivity contribution in [2.45, 2.75) is 27.2 Å². The van der Waals surface area contributed by atoms with Gasteiger partial charge in [-0.25, -0.2) is 14.5 Å². The standard InChI is InChI=1S/C21H24N6O2/c1-14-7-8-18(15(2)11-14)27-13-17(12-23-27)25-21(29)22-10-9-20(28)26-19-6-4-5-16(3)24-19/h4-8,11-13H,9-10H2,1-3H3,(H2,22,25,29)(H,24,26,28). The first-order chi connectivity index (χ1) is 13.9. The van der Waals surface area contributed by atoms with Gasteiger partial charge in [0.2, 0.25) is 5.91 Å². The Kier molecular flexibility index (Phi) is 6.23. The lowest BCUT2D eigenvalue weighted by Gasteiger charge is -2.08. The highest BCUT2D eigenvalue weighted by molar-refractivity contribution is 5.91. The van der Waals surface area contributed by atoms with Crippen LogP contribution >= 0.6 is 0 Å². The highest BCUT2D eigenvalue weighted by atomic mass is 16.2. The van der Waals surface area contributed by atoms with Crippen molar-refractivity contribution >= 4 is 23.4 Å². The van der Waals surface area contributed by atoms with Crippen LogP contribution in [0.25, 0.3) is 5.69 Å². The molecule has 0 atom stereocenters. The third-order valence-corrected chi connectivity index (χ3v) is 4.23. The summed E-state index contributed by atoms with van der Waals surface area (Å²) in [6.45, 7) is 6.11. The molecule has 2 heterocycles. The molecule has 3 amide bonds. The Morgan fingerprint density at radius 3 is 2.66 bits per heavy atom. The average molecular weight is 392 g/mol. The Bertz CT molecular complexity index is 1030. The maximum atomic E-state index is 12.1. The summed E-state index contributed by atoms with van der Waals surface area (Å²) in [5.41, 5.74) is 4.61. The highest BCUT2D eigenvalue weighted by Gasteiger charge is 2.08. The zero-order valence-corrected chi connectivity index (χ0v) is 16.7. The van der Waals surface area contributed by atoms with Crippen molar-refractivity contribution in [3.05, 3.63) is 65.6 Å². The highest BCUT2D eigenvalue weighted by Crippen LogP contribution is 2.17. The number of carbonyl (C=O) groups excluding carboxylic acids is 2. The molecule has 0 aliphatic heterocycles. The van der Waals surface area contributed by atoms with E-state index >= 15 is 0 Å². The van der Waals surface area contributed by atoms with Crippen LogP contribution in [0, 0.1) is 20.8 Å². The van der Waals surface area contributed by atoms with Crippen molar-refractivity contribution in [2.24, 2.45) is 0 Å². The minimum Gasteiger partial charge on any atom is -0.337 e. The molecule has 0 fully saturated rings. The molecule has 3 aromatic rings. The topological polar surface area (TPSA) is 101 Å². The molecular formula is C21H24N6O2. The molecule has 0 radical (unpaired) electrons. The van der Waals surface area contributed by atoms with Gasteiger partial charge in [0.1, 0.15) is 5.82 Å². The minimum absolute atomic E-state index is 0.144. The van der Waals surface area contributed by atoms with Gasteiger partial charge in [0.25, 0.3) is 0 Å². The molecule has 150 valence electrons. The van der Waals surface area contributed by atoms with Crippen molar-refractivity contribution in [1.29, 1.82) is 0 Å². The lowest BCUT2D eigenvalue weighted by atomic mass is 10.1. The predicted octanol–water partition coefficient (Wildman–Crippen LogP) is 3.34. The molecule has 0 aliphatic carbocycles. The summed E-state index contributed by atoms with van der Waals surface area (Å²) >= 11 is 0. The van der Waals surface area contributed by atoms with Gasteiger partial charge < -0.3 is 16.0 Å². The van der Waals surface area contributed by atoms with E-state index in [4.69, 9.17) is 0 Å². The number of benzene rings is 1.